The summed E-state index contributed by atoms with van der Waals surface area (Å²) in [6, 6.07) is 0.172. The number of H-pyrrole nitrogens is 2. The van der Waals surface area contributed by atoms with Gasteiger partial charge in [-0.05, 0) is 31.5 Å². The second-order valence-corrected chi connectivity index (χ2v) is 4.79. The van der Waals surface area contributed by atoms with Crippen molar-refractivity contribution in [3.05, 3.63) is 15.3 Å². The van der Waals surface area contributed by atoms with Crippen molar-refractivity contribution < 1.29 is 0 Å². The second kappa shape index (κ2) is 5.30. The Balaban J connectivity index is 2.58. The van der Waals surface area contributed by atoms with Crippen molar-refractivity contribution in [1.82, 2.24) is 14.8 Å². The Kier molecular flexibility index (Phi) is 4.32. The third-order valence-corrected chi connectivity index (χ3v) is 2.86. The van der Waals surface area contributed by atoms with E-state index in [1.165, 1.54) is 6.42 Å². The van der Waals surface area contributed by atoms with E-state index in [4.69, 9.17) is 12.2 Å². The molecule has 0 aliphatic heterocycles. The first-order chi connectivity index (χ1) is 7.02. The standard InChI is InChI=1S/C10H19N3OS/c1-7(2)5-4-6-8(3)13-9(14)11-12-10(13)15/h7-8H,4-6H2,1-3H3,(H,11,14)(H,12,15). The molecular formula is C10H19N3OS. The van der Waals surface area contributed by atoms with Crippen molar-refractivity contribution in [3.63, 3.8) is 0 Å². The molecule has 1 atom stereocenters. The van der Waals surface area contributed by atoms with Gasteiger partial charge in [0, 0.05) is 6.04 Å². The quantitative estimate of drug-likeness (QED) is 0.763. The highest BCUT2D eigenvalue weighted by molar-refractivity contribution is 7.71. The molecule has 1 heterocycles. The van der Waals surface area contributed by atoms with E-state index < -0.39 is 0 Å². The van der Waals surface area contributed by atoms with E-state index in [1.54, 1.807) is 4.57 Å². The predicted octanol–water partition coefficient (Wildman–Crippen LogP) is 2.62. The Bertz CT molecular complexity index is 374. The molecule has 0 bridgehead atoms. The van der Waals surface area contributed by atoms with Crippen LogP contribution < -0.4 is 5.69 Å². The van der Waals surface area contributed by atoms with Crippen molar-refractivity contribution in [3.8, 4) is 0 Å². The van der Waals surface area contributed by atoms with Crippen molar-refractivity contribution >= 4 is 12.2 Å². The van der Waals surface area contributed by atoms with Crippen molar-refractivity contribution in [2.24, 2.45) is 5.92 Å². The van der Waals surface area contributed by atoms with Crippen LogP contribution in [0.4, 0.5) is 0 Å². The van der Waals surface area contributed by atoms with Gasteiger partial charge in [0.05, 0.1) is 0 Å². The van der Waals surface area contributed by atoms with Gasteiger partial charge in [-0.2, -0.15) is 0 Å². The highest BCUT2D eigenvalue weighted by atomic mass is 32.1. The van der Waals surface area contributed by atoms with Gasteiger partial charge in [-0.3, -0.25) is 9.67 Å². The summed E-state index contributed by atoms with van der Waals surface area (Å²) in [6.45, 7) is 6.44. The van der Waals surface area contributed by atoms with Crippen molar-refractivity contribution in [2.75, 3.05) is 0 Å². The normalized spacial score (nSPS) is 13.3. The largest absolute Gasteiger partial charge is 0.342 e. The number of rotatable bonds is 5. The average molecular weight is 229 g/mol. The maximum Gasteiger partial charge on any atom is 0.342 e. The van der Waals surface area contributed by atoms with Crippen LogP contribution in [0.15, 0.2) is 4.79 Å². The van der Waals surface area contributed by atoms with Crippen LogP contribution in [-0.4, -0.2) is 14.8 Å². The van der Waals surface area contributed by atoms with Crippen molar-refractivity contribution in [1.29, 1.82) is 0 Å². The Morgan fingerprint density at radius 1 is 1.27 bits per heavy atom. The molecule has 1 aromatic rings. The summed E-state index contributed by atoms with van der Waals surface area (Å²) in [6.07, 6.45) is 3.32. The molecular weight excluding hydrogens is 210 g/mol. The Labute approximate surface area is 94.7 Å². The maximum absolute atomic E-state index is 11.4. The number of aromatic amines is 2. The lowest BCUT2D eigenvalue weighted by Crippen LogP contribution is -2.20. The van der Waals surface area contributed by atoms with Crippen LogP contribution in [0.25, 0.3) is 0 Å². The van der Waals surface area contributed by atoms with E-state index in [0.717, 1.165) is 18.8 Å². The molecule has 0 amide bonds. The Morgan fingerprint density at radius 2 is 1.93 bits per heavy atom. The van der Waals surface area contributed by atoms with Crippen LogP contribution in [0, 0.1) is 10.7 Å². The summed E-state index contributed by atoms with van der Waals surface area (Å²) < 4.78 is 2.09. The summed E-state index contributed by atoms with van der Waals surface area (Å²) in [5.41, 5.74) is -0.142. The second-order valence-electron chi connectivity index (χ2n) is 4.40. The van der Waals surface area contributed by atoms with E-state index in [2.05, 4.69) is 24.0 Å². The molecule has 2 N–H and O–H groups in total. The van der Waals surface area contributed by atoms with E-state index >= 15 is 0 Å². The molecule has 0 aliphatic rings. The number of hydrogen-bond acceptors (Lipinski definition) is 2. The van der Waals surface area contributed by atoms with Crippen LogP contribution in [0.2, 0.25) is 0 Å². The molecule has 5 heteroatoms. The van der Waals surface area contributed by atoms with Gasteiger partial charge in [-0.25, -0.2) is 9.89 Å². The zero-order valence-corrected chi connectivity index (χ0v) is 10.4. The summed E-state index contributed by atoms with van der Waals surface area (Å²) in [7, 11) is 0. The third-order valence-electron chi connectivity index (χ3n) is 2.56. The van der Waals surface area contributed by atoms with E-state index in [-0.39, 0.29) is 11.7 Å². The minimum absolute atomic E-state index is 0.142. The molecule has 0 saturated heterocycles. The molecule has 1 aromatic heterocycles. The molecule has 0 saturated carbocycles. The SMILES string of the molecule is CC(C)CCCC(C)n1c(=O)[nH][nH]c1=S. The lowest BCUT2D eigenvalue weighted by Gasteiger charge is -2.12. The zero-order chi connectivity index (χ0) is 11.4. The summed E-state index contributed by atoms with van der Waals surface area (Å²) in [5, 5.41) is 5.15. The highest BCUT2D eigenvalue weighted by Crippen LogP contribution is 2.15. The van der Waals surface area contributed by atoms with E-state index in [9.17, 15) is 4.79 Å². The molecule has 1 unspecified atom stereocenters. The van der Waals surface area contributed by atoms with Crippen LogP contribution in [0.5, 0.6) is 0 Å². The first kappa shape index (κ1) is 12.2. The molecule has 0 fully saturated rings. The third kappa shape index (κ3) is 3.34. The van der Waals surface area contributed by atoms with Crippen molar-refractivity contribution in [2.45, 2.75) is 46.1 Å². The summed E-state index contributed by atoms with van der Waals surface area (Å²) >= 11 is 5.03. The fraction of sp³-hybridized carbons (Fsp3) is 0.800. The van der Waals surface area contributed by atoms with Crippen LogP contribution in [-0.2, 0) is 0 Å². The molecule has 1 rings (SSSR count). The minimum Gasteiger partial charge on any atom is -0.272 e. The molecule has 86 valence electrons. The van der Waals surface area contributed by atoms with Crippen LogP contribution >= 0.6 is 12.2 Å². The zero-order valence-electron chi connectivity index (χ0n) is 9.54. The smallest absolute Gasteiger partial charge is 0.272 e. The van der Waals surface area contributed by atoms with Gasteiger partial charge in [-0.15, -0.1) is 0 Å². The van der Waals surface area contributed by atoms with E-state index in [1.807, 2.05) is 6.92 Å². The topological polar surface area (TPSA) is 53.6 Å². The summed E-state index contributed by atoms with van der Waals surface area (Å²) in [5.74, 6) is 0.717. The average Bonchev–Trinajstić information content (AvgIpc) is 2.45. The first-order valence-corrected chi connectivity index (χ1v) is 5.82. The lowest BCUT2D eigenvalue weighted by molar-refractivity contribution is 0.437. The number of aromatic nitrogens is 3. The minimum atomic E-state index is -0.142. The van der Waals surface area contributed by atoms with Gasteiger partial charge in [-0.1, -0.05) is 26.7 Å². The number of nitrogens with zero attached hydrogens (tertiary/aromatic N) is 1. The van der Waals surface area contributed by atoms with Crippen LogP contribution in [0.3, 0.4) is 0 Å². The Hall–Kier alpha value is -0.840. The van der Waals surface area contributed by atoms with Crippen LogP contribution in [0.1, 0.15) is 46.1 Å². The monoisotopic (exact) mass is 229 g/mol. The summed E-state index contributed by atoms with van der Waals surface area (Å²) in [4.78, 5) is 11.4. The Morgan fingerprint density at radius 3 is 2.40 bits per heavy atom. The van der Waals surface area contributed by atoms with Gasteiger partial charge < -0.3 is 0 Å². The first-order valence-electron chi connectivity index (χ1n) is 5.41. The van der Waals surface area contributed by atoms with E-state index in [0.29, 0.717) is 4.77 Å². The molecule has 15 heavy (non-hydrogen) atoms. The van der Waals surface area contributed by atoms with Gasteiger partial charge in [0.1, 0.15) is 0 Å². The fourth-order valence-electron chi connectivity index (χ4n) is 1.67. The van der Waals surface area contributed by atoms with Gasteiger partial charge in [0.15, 0.2) is 4.77 Å². The maximum atomic E-state index is 11.4. The molecule has 0 aliphatic carbocycles. The number of nitrogens with one attached hydrogen (secondary N) is 2. The molecule has 4 nitrogen and oxygen atoms in total. The van der Waals surface area contributed by atoms with Gasteiger partial charge in [0.25, 0.3) is 0 Å². The number of hydrogen-bond donors (Lipinski definition) is 2. The lowest BCUT2D eigenvalue weighted by atomic mass is 10.0. The highest BCUT2D eigenvalue weighted by Gasteiger charge is 2.09. The van der Waals surface area contributed by atoms with Gasteiger partial charge >= 0.3 is 5.69 Å². The van der Waals surface area contributed by atoms with Gasteiger partial charge in [0.2, 0.25) is 0 Å². The predicted molar refractivity (Wildman–Crippen MR) is 63.6 cm³/mol. The fourth-order valence-corrected chi connectivity index (χ4v) is 1.98. The molecule has 0 radical (unpaired) electrons. The molecule has 0 spiro atoms. The molecule has 0 aromatic carbocycles.